The zero-order valence-corrected chi connectivity index (χ0v) is 20.0. The highest BCUT2D eigenvalue weighted by Crippen LogP contribution is 2.28. The zero-order valence-electron chi connectivity index (χ0n) is 19.2. The molecule has 2 N–H and O–H groups in total. The van der Waals surface area contributed by atoms with Crippen molar-refractivity contribution in [2.75, 3.05) is 36.9 Å². The summed E-state index contributed by atoms with van der Waals surface area (Å²) in [4.78, 5) is 22.6. The van der Waals surface area contributed by atoms with Crippen molar-refractivity contribution < 1.29 is 22.7 Å². The molecule has 1 aliphatic heterocycles. The van der Waals surface area contributed by atoms with Crippen LogP contribution in [0.5, 0.6) is 5.88 Å². The third-order valence-electron chi connectivity index (χ3n) is 5.46. The lowest BCUT2D eigenvalue weighted by Crippen LogP contribution is -2.32. The Balaban J connectivity index is 1.31. The molecule has 13 heteroatoms. The van der Waals surface area contributed by atoms with Crippen LogP contribution in [0.4, 0.5) is 29.7 Å². The number of aromatic nitrogens is 3. The number of ether oxygens (including phenoxy) is 1. The molecule has 0 aromatic carbocycles. The van der Waals surface area contributed by atoms with Crippen molar-refractivity contribution in [3.63, 3.8) is 0 Å². The first-order valence-electron chi connectivity index (χ1n) is 11.0. The molecule has 0 unspecified atom stereocenters. The predicted molar refractivity (Wildman–Crippen MR) is 127 cm³/mol. The van der Waals surface area contributed by atoms with Crippen LogP contribution < -0.4 is 15.4 Å². The lowest BCUT2D eigenvalue weighted by molar-refractivity contribution is -0.143. The number of pyridine rings is 2. The Kier molecular flexibility index (Phi) is 7.66. The number of likely N-dealkylation sites (tertiary alicyclic amines) is 1. The standard InChI is InChI=1S/C23H22F3N7O2S/c1-14-20(22(36-32-14)31-18-4-2-15(8-27)9-28-18)21(34)30-17-3-5-19(29-10-17)35-12-16-6-7-33(11-16)13-23(24,25)26/h2-5,9-10,16H,6-7,11-13H2,1H3,(H,28,31)(H,30,34)/t16-/m0/s1. The van der Waals surface area contributed by atoms with E-state index >= 15 is 0 Å². The number of nitrogens with one attached hydrogen (secondary N) is 2. The predicted octanol–water partition coefficient (Wildman–Crippen LogP) is 4.37. The van der Waals surface area contributed by atoms with Gasteiger partial charge < -0.3 is 15.4 Å². The highest BCUT2D eigenvalue weighted by atomic mass is 32.1. The molecule has 3 aromatic heterocycles. The maximum atomic E-state index is 12.9. The summed E-state index contributed by atoms with van der Waals surface area (Å²) in [6.07, 6.45) is -0.697. The van der Waals surface area contributed by atoms with Gasteiger partial charge in [0.1, 0.15) is 16.9 Å². The van der Waals surface area contributed by atoms with Crippen LogP contribution in [0.3, 0.4) is 0 Å². The molecule has 9 nitrogen and oxygen atoms in total. The van der Waals surface area contributed by atoms with Crippen molar-refractivity contribution in [1.29, 1.82) is 5.26 Å². The van der Waals surface area contributed by atoms with Gasteiger partial charge in [-0.1, -0.05) is 0 Å². The first-order valence-corrected chi connectivity index (χ1v) is 11.8. The summed E-state index contributed by atoms with van der Waals surface area (Å²) in [5.74, 6) is 0.409. The topological polar surface area (TPSA) is 116 Å². The molecule has 0 aliphatic carbocycles. The minimum Gasteiger partial charge on any atom is -0.477 e. The quantitative estimate of drug-likeness (QED) is 0.453. The van der Waals surface area contributed by atoms with Gasteiger partial charge in [-0.15, -0.1) is 0 Å². The zero-order chi connectivity index (χ0) is 25.7. The average Bonchev–Trinajstić information content (AvgIpc) is 3.43. The molecule has 188 valence electrons. The van der Waals surface area contributed by atoms with E-state index < -0.39 is 12.7 Å². The Hall–Kier alpha value is -3.76. The average molecular weight is 518 g/mol. The van der Waals surface area contributed by atoms with Gasteiger partial charge in [0, 0.05) is 24.7 Å². The molecule has 4 rings (SSSR count). The molecule has 36 heavy (non-hydrogen) atoms. The maximum Gasteiger partial charge on any atom is 0.401 e. The fraction of sp³-hybridized carbons (Fsp3) is 0.348. The third kappa shape index (κ3) is 6.67. The van der Waals surface area contributed by atoms with Crippen molar-refractivity contribution in [1.82, 2.24) is 19.2 Å². The van der Waals surface area contributed by atoms with E-state index in [0.717, 1.165) is 11.5 Å². The van der Waals surface area contributed by atoms with Crippen LogP contribution in [-0.4, -0.2) is 57.6 Å². The lowest BCUT2D eigenvalue weighted by Gasteiger charge is -2.17. The molecule has 1 saturated heterocycles. The van der Waals surface area contributed by atoms with Gasteiger partial charge >= 0.3 is 6.18 Å². The Morgan fingerprint density at radius 3 is 2.78 bits per heavy atom. The first-order chi connectivity index (χ1) is 17.2. The maximum absolute atomic E-state index is 12.9. The number of anilines is 3. The Morgan fingerprint density at radius 2 is 2.11 bits per heavy atom. The number of nitrogens with zero attached hydrogens (tertiary/aromatic N) is 5. The van der Waals surface area contributed by atoms with E-state index in [1.807, 2.05) is 6.07 Å². The van der Waals surface area contributed by atoms with Crippen molar-refractivity contribution in [3.05, 3.63) is 53.5 Å². The number of rotatable bonds is 8. The molecule has 3 aromatic rings. The molecule has 1 atom stereocenters. The lowest BCUT2D eigenvalue weighted by atomic mass is 10.1. The third-order valence-corrected chi connectivity index (χ3v) is 6.31. The number of amides is 1. The summed E-state index contributed by atoms with van der Waals surface area (Å²) in [6.45, 7) is 1.80. The summed E-state index contributed by atoms with van der Waals surface area (Å²) in [6, 6.07) is 8.47. The second-order valence-corrected chi connectivity index (χ2v) is 9.07. The Labute approximate surface area is 209 Å². The van der Waals surface area contributed by atoms with Crippen molar-refractivity contribution in [2.45, 2.75) is 19.5 Å². The van der Waals surface area contributed by atoms with Gasteiger partial charge in [0.05, 0.1) is 41.9 Å². The molecule has 0 bridgehead atoms. The van der Waals surface area contributed by atoms with Gasteiger partial charge in [0.25, 0.3) is 5.91 Å². The Morgan fingerprint density at radius 1 is 1.28 bits per heavy atom. The summed E-state index contributed by atoms with van der Waals surface area (Å²) in [5, 5.41) is 15.2. The number of halogens is 3. The van der Waals surface area contributed by atoms with Crippen LogP contribution in [0.25, 0.3) is 0 Å². The van der Waals surface area contributed by atoms with Crippen LogP contribution >= 0.6 is 11.5 Å². The van der Waals surface area contributed by atoms with Gasteiger partial charge in [-0.3, -0.25) is 9.69 Å². The molecule has 4 heterocycles. The summed E-state index contributed by atoms with van der Waals surface area (Å²) < 4.78 is 47.5. The molecule has 1 amide bonds. The monoisotopic (exact) mass is 517 g/mol. The summed E-state index contributed by atoms with van der Waals surface area (Å²) in [7, 11) is 0. The highest BCUT2D eigenvalue weighted by Gasteiger charge is 2.34. The molecular weight excluding hydrogens is 495 g/mol. The van der Waals surface area contributed by atoms with Gasteiger partial charge in [-0.25, -0.2) is 9.97 Å². The van der Waals surface area contributed by atoms with Crippen molar-refractivity contribution in [2.24, 2.45) is 5.92 Å². The van der Waals surface area contributed by atoms with Gasteiger partial charge in [-0.2, -0.15) is 22.8 Å². The van der Waals surface area contributed by atoms with Crippen molar-refractivity contribution >= 4 is 33.9 Å². The molecule has 0 saturated carbocycles. The number of carbonyl (C=O) groups excluding carboxylic acids is 1. The number of alkyl halides is 3. The largest absolute Gasteiger partial charge is 0.477 e. The van der Waals surface area contributed by atoms with Crippen molar-refractivity contribution in [3.8, 4) is 11.9 Å². The minimum absolute atomic E-state index is 0.000822. The van der Waals surface area contributed by atoms with E-state index in [2.05, 4.69) is 25.0 Å². The van der Waals surface area contributed by atoms with Crippen LogP contribution in [0.1, 0.15) is 28.0 Å². The molecule has 1 fully saturated rings. The fourth-order valence-electron chi connectivity index (χ4n) is 3.76. The van der Waals surface area contributed by atoms with E-state index in [-0.39, 0.29) is 18.4 Å². The molecule has 0 spiro atoms. The fourth-order valence-corrected chi connectivity index (χ4v) is 4.56. The van der Waals surface area contributed by atoms with Gasteiger partial charge in [0.15, 0.2) is 0 Å². The molecule has 0 radical (unpaired) electrons. The second kappa shape index (κ2) is 10.9. The molecular formula is C23H22F3N7O2S. The number of hydrogen-bond acceptors (Lipinski definition) is 9. The van der Waals surface area contributed by atoms with Crippen LogP contribution in [0, 0.1) is 24.2 Å². The van der Waals surface area contributed by atoms with E-state index in [1.54, 1.807) is 31.2 Å². The number of carbonyl (C=O) groups is 1. The van der Waals surface area contributed by atoms with E-state index in [1.165, 1.54) is 17.3 Å². The first kappa shape index (κ1) is 25.3. The number of nitriles is 1. The minimum atomic E-state index is -4.20. The summed E-state index contributed by atoms with van der Waals surface area (Å²) >= 11 is 1.12. The van der Waals surface area contributed by atoms with Crippen LogP contribution in [0.2, 0.25) is 0 Å². The normalized spacial score (nSPS) is 15.9. The second-order valence-electron chi connectivity index (χ2n) is 8.30. The molecule has 1 aliphatic rings. The van der Waals surface area contributed by atoms with E-state index in [4.69, 9.17) is 10.00 Å². The van der Waals surface area contributed by atoms with Gasteiger partial charge in [-0.05, 0) is 49.6 Å². The Bertz CT molecular complexity index is 1240. The number of hydrogen-bond donors (Lipinski definition) is 2. The van der Waals surface area contributed by atoms with Crippen LogP contribution in [0.15, 0.2) is 36.7 Å². The van der Waals surface area contributed by atoms with Gasteiger partial charge in [0.2, 0.25) is 5.88 Å². The highest BCUT2D eigenvalue weighted by molar-refractivity contribution is 7.10. The van der Waals surface area contributed by atoms with E-state index in [0.29, 0.717) is 58.7 Å². The smallest absolute Gasteiger partial charge is 0.401 e. The number of aryl methyl sites for hydroxylation is 1. The van der Waals surface area contributed by atoms with Crippen LogP contribution in [-0.2, 0) is 0 Å². The summed E-state index contributed by atoms with van der Waals surface area (Å²) in [5.41, 5.74) is 1.76. The SMILES string of the molecule is Cc1nsc(Nc2ccc(C#N)cn2)c1C(=O)Nc1ccc(OC[C@H]2CCN(CC(F)(F)F)C2)nc1. The van der Waals surface area contributed by atoms with E-state index in [9.17, 15) is 18.0 Å².